The van der Waals surface area contributed by atoms with E-state index in [-0.39, 0.29) is 11.0 Å². The molecule has 0 heterocycles. The summed E-state index contributed by atoms with van der Waals surface area (Å²) in [5, 5.41) is -0.119. The van der Waals surface area contributed by atoms with Gasteiger partial charge in [-0.3, -0.25) is 0 Å². The molecule has 1 aliphatic rings. The maximum absolute atomic E-state index is 12.2. The molecule has 1 saturated carbocycles. The van der Waals surface area contributed by atoms with Crippen molar-refractivity contribution >= 4 is 9.84 Å². The molecule has 0 aromatic heterocycles. The normalized spacial score (nSPS) is 16.8. The molecule has 0 bridgehead atoms. The smallest absolute Gasteiger partial charge is 0.153 e. The van der Waals surface area contributed by atoms with Crippen molar-refractivity contribution in [2.75, 3.05) is 12.4 Å². The van der Waals surface area contributed by atoms with Crippen LogP contribution in [-0.4, -0.2) is 26.0 Å². The predicted octanol–water partition coefficient (Wildman–Crippen LogP) is 2.66. The van der Waals surface area contributed by atoms with Crippen LogP contribution in [0, 0.1) is 0 Å². The first-order valence-electron chi connectivity index (χ1n) is 7.75. The Kier molecular flexibility index (Phi) is 6.06. The lowest BCUT2D eigenvalue weighted by Crippen LogP contribution is -2.27. The van der Waals surface area contributed by atoms with E-state index in [0.29, 0.717) is 19.6 Å². The summed E-state index contributed by atoms with van der Waals surface area (Å²) in [6.45, 7) is 0.910. The molecule has 4 nitrogen and oxygen atoms in total. The highest BCUT2D eigenvalue weighted by molar-refractivity contribution is 7.92. The van der Waals surface area contributed by atoms with Gasteiger partial charge in [0, 0.05) is 6.54 Å². The highest BCUT2D eigenvalue weighted by Gasteiger charge is 2.26. The van der Waals surface area contributed by atoms with Crippen LogP contribution in [0.25, 0.3) is 0 Å². The Bertz CT molecular complexity index is 536. The molecule has 2 N–H and O–H groups in total. The van der Waals surface area contributed by atoms with Gasteiger partial charge >= 0.3 is 0 Å². The van der Waals surface area contributed by atoms with Crippen LogP contribution in [0.1, 0.15) is 44.1 Å². The maximum Gasteiger partial charge on any atom is 0.153 e. The SMILES string of the molecule is NCc1cccc(OCCCS(=O)(=O)C2CCCCC2)c1. The Morgan fingerprint density at radius 2 is 1.95 bits per heavy atom. The number of rotatable bonds is 7. The summed E-state index contributed by atoms with van der Waals surface area (Å²) in [6.07, 6.45) is 5.49. The van der Waals surface area contributed by atoms with Gasteiger partial charge in [0.05, 0.1) is 17.6 Å². The van der Waals surface area contributed by atoms with Crippen LogP contribution in [0.2, 0.25) is 0 Å². The van der Waals surface area contributed by atoms with Gasteiger partial charge in [-0.25, -0.2) is 8.42 Å². The molecule has 118 valence electrons. The number of ether oxygens (including phenoxy) is 1. The Morgan fingerprint density at radius 3 is 2.67 bits per heavy atom. The van der Waals surface area contributed by atoms with E-state index in [1.165, 1.54) is 6.42 Å². The molecule has 1 aliphatic carbocycles. The molecule has 21 heavy (non-hydrogen) atoms. The maximum atomic E-state index is 12.2. The number of hydrogen-bond donors (Lipinski definition) is 1. The van der Waals surface area contributed by atoms with Crippen molar-refractivity contribution in [2.24, 2.45) is 5.73 Å². The molecule has 0 unspecified atom stereocenters. The van der Waals surface area contributed by atoms with E-state index in [0.717, 1.165) is 37.0 Å². The number of hydrogen-bond acceptors (Lipinski definition) is 4. The number of nitrogens with two attached hydrogens (primary N) is 1. The molecular formula is C16H25NO3S. The largest absolute Gasteiger partial charge is 0.494 e. The summed E-state index contributed by atoms with van der Waals surface area (Å²) in [7, 11) is -2.95. The van der Waals surface area contributed by atoms with Gasteiger partial charge in [0.25, 0.3) is 0 Å². The van der Waals surface area contributed by atoms with Gasteiger partial charge in [-0.05, 0) is 37.0 Å². The van der Waals surface area contributed by atoms with Gasteiger partial charge in [0.15, 0.2) is 9.84 Å². The highest BCUT2D eigenvalue weighted by atomic mass is 32.2. The van der Waals surface area contributed by atoms with Gasteiger partial charge in [-0.2, -0.15) is 0 Å². The minimum absolute atomic E-state index is 0.119. The summed E-state index contributed by atoms with van der Waals surface area (Å²) in [5.41, 5.74) is 6.59. The van der Waals surface area contributed by atoms with Crippen LogP contribution in [0.3, 0.4) is 0 Å². The second-order valence-corrected chi connectivity index (χ2v) is 8.08. The molecule has 1 aromatic carbocycles. The highest BCUT2D eigenvalue weighted by Crippen LogP contribution is 2.24. The number of sulfone groups is 1. The van der Waals surface area contributed by atoms with E-state index in [4.69, 9.17) is 10.5 Å². The molecule has 0 aliphatic heterocycles. The van der Waals surface area contributed by atoms with Gasteiger partial charge in [0.1, 0.15) is 5.75 Å². The van der Waals surface area contributed by atoms with Crippen molar-refractivity contribution in [2.45, 2.75) is 50.3 Å². The van der Waals surface area contributed by atoms with Crippen LogP contribution < -0.4 is 10.5 Å². The lowest BCUT2D eigenvalue weighted by atomic mass is 10.0. The second-order valence-electron chi connectivity index (χ2n) is 5.68. The molecular weight excluding hydrogens is 286 g/mol. The van der Waals surface area contributed by atoms with E-state index < -0.39 is 9.84 Å². The molecule has 1 fully saturated rings. The molecule has 0 saturated heterocycles. The van der Waals surface area contributed by atoms with Crippen LogP contribution in [-0.2, 0) is 16.4 Å². The van der Waals surface area contributed by atoms with E-state index >= 15 is 0 Å². The van der Waals surface area contributed by atoms with Crippen molar-refractivity contribution in [1.29, 1.82) is 0 Å². The Morgan fingerprint density at radius 1 is 1.19 bits per heavy atom. The van der Waals surface area contributed by atoms with Gasteiger partial charge in [-0.1, -0.05) is 31.4 Å². The van der Waals surface area contributed by atoms with Gasteiger partial charge in [-0.15, -0.1) is 0 Å². The average molecular weight is 311 g/mol. The minimum atomic E-state index is -2.95. The summed E-state index contributed by atoms with van der Waals surface area (Å²) < 4.78 is 30.1. The van der Waals surface area contributed by atoms with Crippen LogP contribution >= 0.6 is 0 Å². The zero-order valence-electron chi connectivity index (χ0n) is 12.5. The van der Waals surface area contributed by atoms with E-state index in [1.54, 1.807) is 0 Å². The van der Waals surface area contributed by atoms with E-state index in [2.05, 4.69) is 0 Å². The zero-order valence-corrected chi connectivity index (χ0v) is 13.3. The standard InChI is InChI=1S/C16H25NO3S/c17-13-14-6-4-7-15(12-14)20-10-5-11-21(18,19)16-8-2-1-3-9-16/h4,6-7,12,16H,1-3,5,8-11,13,17H2. The third-order valence-electron chi connectivity index (χ3n) is 4.04. The topological polar surface area (TPSA) is 69.4 Å². The fourth-order valence-corrected chi connectivity index (χ4v) is 4.71. The Hall–Kier alpha value is -1.07. The average Bonchev–Trinajstić information content (AvgIpc) is 2.53. The van der Waals surface area contributed by atoms with Crippen LogP contribution in [0.5, 0.6) is 5.75 Å². The first-order valence-corrected chi connectivity index (χ1v) is 9.47. The van der Waals surface area contributed by atoms with Gasteiger partial charge < -0.3 is 10.5 Å². The van der Waals surface area contributed by atoms with Crippen LogP contribution in [0.15, 0.2) is 24.3 Å². The summed E-state index contributed by atoms with van der Waals surface area (Å²) in [4.78, 5) is 0. The van der Waals surface area contributed by atoms with Crippen molar-refractivity contribution < 1.29 is 13.2 Å². The van der Waals surface area contributed by atoms with Crippen LogP contribution in [0.4, 0.5) is 0 Å². The van der Waals surface area contributed by atoms with Crippen molar-refractivity contribution in [3.63, 3.8) is 0 Å². The van der Waals surface area contributed by atoms with E-state index in [1.807, 2.05) is 24.3 Å². The lowest BCUT2D eigenvalue weighted by Gasteiger charge is -2.21. The number of benzene rings is 1. The van der Waals surface area contributed by atoms with Crippen molar-refractivity contribution in [3.8, 4) is 5.75 Å². The summed E-state index contributed by atoms with van der Waals surface area (Å²) in [6, 6.07) is 7.61. The Balaban J connectivity index is 1.75. The quantitative estimate of drug-likeness (QED) is 0.786. The molecule has 1 aromatic rings. The first-order chi connectivity index (χ1) is 10.1. The monoisotopic (exact) mass is 311 g/mol. The second kappa shape index (κ2) is 7.80. The molecule has 0 atom stereocenters. The Labute approximate surface area is 127 Å². The van der Waals surface area contributed by atoms with Crippen molar-refractivity contribution in [1.82, 2.24) is 0 Å². The minimum Gasteiger partial charge on any atom is -0.494 e. The summed E-state index contributed by atoms with van der Waals surface area (Å²) in [5.74, 6) is 0.988. The van der Waals surface area contributed by atoms with Crippen molar-refractivity contribution in [3.05, 3.63) is 29.8 Å². The molecule has 2 rings (SSSR count). The molecule has 0 amide bonds. The third kappa shape index (κ3) is 5.00. The fourth-order valence-electron chi connectivity index (χ4n) is 2.80. The third-order valence-corrected chi connectivity index (χ3v) is 6.38. The molecule has 0 spiro atoms. The predicted molar refractivity (Wildman–Crippen MR) is 85.1 cm³/mol. The zero-order chi connectivity index (χ0) is 15.1. The molecule has 0 radical (unpaired) electrons. The van der Waals surface area contributed by atoms with Gasteiger partial charge in [0.2, 0.25) is 0 Å². The molecule has 5 heteroatoms. The lowest BCUT2D eigenvalue weighted by molar-refractivity contribution is 0.317. The fraction of sp³-hybridized carbons (Fsp3) is 0.625. The van der Waals surface area contributed by atoms with E-state index in [9.17, 15) is 8.42 Å². The first kappa shape index (κ1) is 16.3. The summed E-state index contributed by atoms with van der Waals surface area (Å²) >= 11 is 0.